The zero-order valence-corrected chi connectivity index (χ0v) is 39.1. The normalized spacial score (nSPS) is 22.1. The van der Waals surface area contributed by atoms with Crippen LogP contribution in [0.4, 0.5) is 0 Å². The van der Waals surface area contributed by atoms with Gasteiger partial charge >= 0.3 is 0 Å². The second-order valence-corrected chi connectivity index (χ2v) is 19.2. The number of hydrogen-bond donors (Lipinski definition) is 4. The van der Waals surface area contributed by atoms with Gasteiger partial charge in [0.1, 0.15) is 17.5 Å². The Balaban J connectivity index is 1.16. The number of carbonyl (C=O) groups is 7. The summed E-state index contributed by atoms with van der Waals surface area (Å²) in [7, 11) is 1.48. The van der Waals surface area contributed by atoms with Crippen molar-refractivity contribution in [1.29, 1.82) is 0 Å². The number of halogens is 1. The summed E-state index contributed by atoms with van der Waals surface area (Å²) in [5, 5.41) is 25.9. The van der Waals surface area contributed by atoms with Gasteiger partial charge in [0, 0.05) is 72.3 Å². The molecule has 0 aromatic heterocycles. The number of ketones is 4. The van der Waals surface area contributed by atoms with Crippen molar-refractivity contribution in [1.82, 2.24) is 15.1 Å². The maximum Gasteiger partial charge on any atom is 0.226 e. The number of likely N-dealkylation sites (tertiary alicyclic amines) is 1. The number of phenols is 2. The highest BCUT2D eigenvalue weighted by Gasteiger charge is 2.56. The topological polar surface area (TPSA) is 204 Å². The van der Waals surface area contributed by atoms with Crippen LogP contribution in [0.2, 0.25) is 5.02 Å². The van der Waals surface area contributed by atoms with Gasteiger partial charge in [0.25, 0.3) is 0 Å². The van der Waals surface area contributed by atoms with Gasteiger partial charge in [-0.15, -0.1) is 0 Å². The van der Waals surface area contributed by atoms with E-state index in [0.29, 0.717) is 54.1 Å². The number of hydrogen-bond acceptors (Lipinski definition) is 10. The van der Waals surface area contributed by atoms with Gasteiger partial charge in [-0.05, 0) is 110 Å². The highest BCUT2D eigenvalue weighted by Crippen LogP contribution is 2.50. The van der Waals surface area contributed by atoms with Gasteiger partial charge in [-0.1, -0.05) is 80.4 Å². The van der Waals surface area contributed by atoms with Crippen molar-refractivity contribution in [2.75, 3.05) is 20.1 Å². The Morgan fingerprint density at radius 2 is 1.51 bits per heavy atom. The van der Waals surface area contributed by atoms with Crippen molar-refractivity contribution in [3.05, 3.63) is 107 Å². The Bertz CT molecular complexity index is 2560. The summed E-state index contributed by atoms with van der Waals surface area (Å²) in [6.45, 7) is 5.53. The minimum absolute atomic E-state index is 0.0273. The molecule has 4 aromatic rings. The largest absolute Gasteiger partial charge is 0.507 e. The van der Waals surface area contributed by atoms with E-state index >= 15 is 0 Å². The van der Waals surface area contributed by atoms with Crippen LogP contribution in [0.25, 0.3) is 22.3 Å². The van der Waals surface area contributed by atoms with Crippen LogP contribution in [-0.2, 0) is 35.2 Å². The first-order valence-electron chi connectivity index (χ1n) is 23.1. The quantitative estimate of drug-likeness (QED) is 0.0693. The van der Waals surface area contributed by atoms with Crippen molar-refractivity contribution in [2.24, 2.45) is 35.3 Å². The molecular weight excluding hydrogens is 872 g/mol. The van der Waals surface area contributed by atoms with Crippen molar-refractivity contribution in [3.8, 4) is 33.8 Å². The molecule has 14 heteroatoms. The van der Waals surface area contributed by atoms with E-state index in [-0.39, 0.29) is 77.6 Å². The first-order chi connectivity index (χ1) is 31.9. The lowest BCUT2D eigenvalue weighted by atomic mass is 9.87. The van der Waals surface area contributed by atoms with E-state index in [1.54, 1.807) is 55.1 Å². The van der Waals surface area contributed by atoms with Gasteiger partial charge in [-0.25, -0.2) is 0 Å². The predicted molar refractivity (Wildman–Crippen MR) is 254 cm³/mol. The third-order valence-electron chi connectivity index (χ3n) is 13.8. The molecule has 2 fully saturated rings. The Labute approximate surface area is 396 Å². The number of nitrogens with zero attached hydrogens (tertiary/aromatic N) is 2. The third-order valence-corrected chi connectivity index (χ3v) is 14.0. The number of aromatic hydroxyl groups is 2. The molecule has 67 heavy (non-hydrogen) atoms. The average molecular weight is 932 g/mol. The molecule has 4 bridgehead atoms. The average Bonchev–Trinajstić information content (AvgIpc) is 3.96. The molecule has 2 aliphatic heterocycles. The number of fused-ring (bicyclic) bond motifs is 6. The fourth-order valence-corrected chi connectivity index (χ4v) is 10.0. The standard InChI is InChI=1S/C53H59ClN4O9/c1-29-21-48(64)50(57(4)53(67)37(7-5-6-20-55)27-46(62)35-11-9-33(10-12-35)34-13-16-39(54)17-14-34)36-15-19-45(61)42(25-36)41-23-32(8-18-44(41)60)24-43(56-51(29)65)47(63)22-30(2)52(66)58-28-38-26-40(38)49(58)31(3)59/h8-19,23,25,29-30,37-38,40,43,49-50,60-61H,5-7,20-22,24,26-28,55H2,1-4H3,(H,56,65)/t29-,30-,37-,38-,40-,43+,49-,50+/m1/s1. The molecule has 0 unspecified atom stereocenters. The Morgan fingerprint density at radius 1 is 0.866 bits per heavy atom. The number of nitrogens with two attached hydrogens (primary N) is 1. The minimum atomic E-state index is -1.29. The molecule has 1 saturated carbocycles. The first kappa shape index (κ1) is 48.7. The highest BCUT2D eigenvalue weighted by molar-refractivity contribution is 6.30. The van der Waals surface area contributed by atoms with E-state index in [2.05, 4.69) is 5.32 Å². The predicted octanol–water partition coefficient (Wildman–Crippen LogP) is 7.27. The number of rotatable bonds is 15. The molecule has 352 valence electrons. The smallest absolute Gasteiger partial charge is 0.226 e. The molecule has 4 aromatic carbocycles. The van der Waals surface area contributed by atoms with Crippen LogP contribution in [-0.4, -0.2) is 93.1 Å². The van der Waals surface area contributed by atoms with Crippen LogP contribution in [0.15, 0.2) is 84.9 Å². The Morgan fingerprint density at radius 3 is 2.16 bits per heavy atom. The molecule has 1 saturated heterocycles. The number of piperidine rings is 1. The number of nitrogens with one attached hydrogen (secondary N) is 1. The second kappa shape index (κ2) is 20.8. The van der Waals surface area contributed by atoms with Crippen LogP contribution >= 0.6 is 11.6 Å². The summed E-state index contributed by atoms with van der Waals surface area (Å²) in [5.41, 5.74) is 9.22. The van der Waals surface area contributed by atoms with E-state index in [9.17, 15) is 43.8 Å². The second-order valence-electron chi connectivity index (χ2n) is 18.8. The molecule has 3 amide bonds. The van der Waals surface area contributed by atoms with Crippen LogP contribution in [0.3, 0.4) is 0 Å². The Hall–Kier alpha value is -6.18. The molecular formula is C53H59ClN4O9. The maximum absolute atomic E-state index is 14.7. The molecule has 1 aliphatic carbocycles. The van der Waals surface area contributed by atoms with Crippen LogP contribution in [0.1, 0.15) is 93.2 Å². The number of Topliss-reactive ketones (excluding diaryl/α,β-unsaturated/α-hetero) is 4. The molecule has 0 radical (unpaired) electrons. The van der Waals surface area contributed by atoms with Crippen molar-refractivity contribution < 1.29 is 43.8 Å². The fraction of sp³-hybridized carbons (Fsp3) is 0.415. The van der Waals surface area contributed by atoms with E-state index in [1.165, 1.54) is 43.1 Å². The molecule has 3 aliphatic rings. The van der Waals surface area contributed by atoms with E-state index in [4.69, 9.17) is 17.3 Å². The molecule has 0 spiro atoms. The van der Waals surface area contributed by atoms with Crippen LogP contribution in [0.5, 0.6) is 11.5 Å². The van der Waals surface area contributed by atoms with E-state index < -0.39 is 59.3 Å². The molecule has 2 heterocycles. The summed E-state index contributed by atoms with van der Waals surface area (Å²) in [6.07, 6.45) is 1.62. The number of likely N-dealkylation sites (N-methyl/N-ethyl adjacent to an activating group) is 1. The van der Waals surface area contributed by atoms with Crippen LogP contribution in [0, 0.1) is 29.6 Å². The molecule has 7 rings (SSSR count). The monoisotopic (exact) mass is 930 g/mol. The van der Waals surface area contributed by atoms with Gasteiger partial charge in [0.15, 0.2) is 23.1 Å². The number of unbranched alkanes of at least 4 members (excludes halogenated alkanes) is 1. The highest BCUT2D eigenvalue weighted by atomic mass is 35.5. The lowest BCUT2D eigenvalue weighted by Gasteiger charge is -2.32. The number of benzene rings is 4. The van der Waals surface area contributed by atoms with Crippen LogP contribution < -0.4 is 11.1 Å². The van der Waals surface area contributed by atoms with E-state index in [1.807, 2.05) is 24.3 Å². The van der Waals surface area contributed by atoms with Crippen molar-refractivity contribution >= 4 is 52.5 Å². The molecule has 8 atom stereocenters. The summed E-state index contributed by atoms with van der Waals surface area (Å²) in [4.78, 5) is 101. The van der Waals surface area contributed by atoms with Crippen molar-refractivity contribution in [3.63, 3.8) is 0 Å². The zero-order valence-electron chi connectivity index (χ0n) is 38.4. The Kier molecular flexibility index (Phi) is 15.1. The summed E-state index contributed by atoms with van der Waals surface area (Å²) >= 11 is 6.07. The number of carbonyl (C=O) groups excluding carboxylic acids is 7. The lowest BCUT2D eigenvalue weighted by Crippen LogP contribution is -2.48. The van der Waals surface area contributed by atoms with Gasteiger partial charge in [-0.3, -0.25) is 33.6 Å². The summed E-state index contributed by atoms with van der Waals surface area (Å²) in [5.74, 6) is -5.26. The molecule has 5 N–H and O–H groups in total. The van der Waals surface area contributed by atoms with Gasteiger partial charge in [-0.2, -0.15) is 0 Å². The van der Waals surface area contributed by atoms with Crippen molar-refractivity contribution in [2.45, 2.75) is 90.3 Å². The van der Waals surface area contributed by atoms with Gasteiger partial charge < -0.3 is 31.1 Å². The van der Waals surface area contributed by atoms with Gasteiger partial charge in [0.05, 0.1) is 12.1 Å². The maximum atomic E-state index is 14.7. The minimum Gasteiger partial charge on any atom is -0.507 e. The zero-order chi connectivity index (χ0) is 48.3. The summed E-state index contributed by atoms with van der Waals surface area (Å²) in [6, 6.07) is 20.5. The van der Waals surface area contributed by atoms with Gasteiger partial charge in [0.2, 0.25) is 17.7 Å². The molecule has 13 nitrogen and oxygen atoms in total. The lowest BCUT2D eigenvalue weighted by molar-refractivity contribution is -0.143. The first-order valence-corrected chi connectivity index (χ1v) is 23.5. The summed E-state index contributed by atoms with van der Waals surface area (Å²) < 4.78 is 0. The fourth-order valence-electron chi connectivity index (χ4n) is 9.92. The van der Waals surface area contributed by atoms with E-state index in [0.717, 1.165) is 17.5 Å². The number of phenolic OH excluding ortho intramolecular Hbond substituents is 2. The number of amides is 3. The third kappa shape index (κ3) is 11.0. The SMILES string of the molecule is CC(=O)[C@@H]1[C@@H]2C[C@@H]2CN1C(=O)[C@H](C)CC(=O)[C@@H]1Cc2ccc(O)c(c2)-c2cc(ccc2O)[C@H](N(C)C(=O)[C@H](CCCCN)CC(=O)c2ccc(-c3ccc(Cl)cc3)cc2)C(=O)C[C@@H](C)C(=O)N1.